The Bertz CT molecular complexity index is 662. The first-order valence-electron chi connectivity index (χ1n) is 11.5. The largest absolute Gasteiger partial charge is 0.417 e. The molecule has 0 unspecified atom stereocenters. The molecule has 2 rings (SSSR count). The molecule has 2 aliphatic rings. The maximum atomic E-state index is 13.1. The molecular weight excluding hydrogens is 392 g/mol. The molecule has 166 valence electrons. The zero-order valence-electron chi connectivity index (χ0n) is 20.4. The fourth-order valence-electron chi connectivity index (χ4n) is 5.09. The second-order valence-corrected chi connectivity index (χ2v) is 20.1. The second kappa shape index (κ2) is 8.56. The molecule has 0 amide bonds. The van der Waals surface area contributed by atoms with Gasteiger partial charge in [-0.1, -0.05) is 58.8 Å². The molecule has 0 N–H and O–H groups in total. The molecule has 1 saturated carbocycles. The lowest BCUT2D eigenvalue weighted by atomic mass is 9.87. The topological polar surface area (TPSA) is 35.5 Å². The predicted octanol–water partition coefficient (Wildman–Crippen LogP) is 6.88. The lowest BCUT2D eigenvalue weighted by Crippen LogP contribution is -2.50. The van der Waals surface area contributed by atoms with Gasteiger partial charge in [-0.05, 0) is 49.6 Å². The fraction of sp³-hybridized carbons (Fsp3) is 0.792. The van der Waals surface area contributed by atoms with Gasteiger partial charge in [-0.3, -0.25) is 4.79 Å². The zero-order chi connectivity index (χ0) is 22.3. The van der Waals surface area contributed by atoms with Crippen LogP contribution in [0, 0.1) is 11.8 Å². The average Bonchev–Trinajstić information content (AvgIpc) is 3.05. The van der Waals surface area contributed by atoms with E-state index >= 15 is 0 Å². The van der Waals surface area contributed by atoms with Crippen LogP contribution in [-0.2, 0) is 13.6 Å². The third-order valence-corrected chi connectivity index (χ3v) is 17.6. The fourth-order valence-corrected chi connectivity index (χ4v) is 9.16. The number of fused-ring (bicyclic) bond motifs is 2. The second-order valence-electron chi connectivity index (χ2n) is 10.6. The van der Waals surface area contributed by atoms with E-state index in [1.54, 1.807) is 0 Å². The van der Waals surface area contributed by atoms with Crippen LogP contribution in [0.1, 0.15) is 61.3 Å². The van der Waals surface area contributed by atoms with Crippen LogP contribution >= 0.6 is 0 Å². The monoisotopic (exact) mass is 436 g/mol. The Morgan fingerprint density at radius 1 is 1.17 bits per heavy atom. The minimum Gasteiger partial charge on any atom is -0.417 e. The van der Waals surface area contributed by atoms with Crippen LogP contribution in [0.5, 0.6) is 0 Å². The Kier molecular flexibility index (Phi) is 7.31. The van der Waals surface area contributed by atoms with Crippen LogP contribution < -0.4 is 0 Å². The van der Waals surface area contributed by atoms with E-state index in [0.29, 0.717) is 18.8 Å². The third kappa shape index (κ3) is 4.17. The molecule has 2 bridgehead atoms. The van der Waals surface area contributed by atoms with Crippen LogP contribution in [0.25, 0.3) is 0 Å². The Morgan fingerprint density at radius 3 is 2.17 bits per heavy atom. The summed E-state index contributed by atoms with van der Waals surface area (Å²) in [7, 11) is -3.66. The van der Waals surface area contributed by atoms with E-state index in [4.69, 9.17) is 8.85 Å². The quantitative estimate of drug-likeness (QED) is 0.276. The predicted molar refractivity (Wildman–Crippen MR) is 128 cm³/mol. The number of Topliss-reactive ketones (excluding diaryl/α,β-unsaturated/α-hetero) is 1. The number of rotatable bonds is 10. The first-order valence-corrected chi connectivity index (χ1v) is 17.0. The molecule has 3 nitrogen and oxygen atoms in total. The summed E-state index contributed by atoms with van der Waals surface area (Å²) in [6.45, 7) is 25.3. The van der Waals surface area contributed by atoms with Crippen molar-refractivity contribution in [1.29, 1.82) is 0 Å². The number of hydrogen-bond donors (Lipinski definition) is 0. The highest BCUT2D eigenvalue weighted by molar-refractivity contribution is 6.74. The lowest BCUT2D eigenvalue weighted by Gasteiger charge is -2.42. The Labute approximate surface area is 181 Å². The summed E-state index contributed by atoms with van der Waals surface area (Å²) in [6, 6.07) is 3.27. The first-order chi connectivity index (χ1) is 13.3. The van der Waals surface area contributed by atoms with Gasteiger partial charge >= 0.3 is 0 Å². The highest BCUT2D eigenvalue weighted by atomic mass is 28.4. The van der Waals surface area contributed by atoms with Crippen molar-refractivity contribution in [2.75, 3.05) is 6.61 Å². The molecule has 0 spiro atoms. The molecule has 0 aromatic carbocycles. The molecule has 29 heavy (non-hydrogen) atoms. The molecule has 3 atom stereocenters. The molecule has 0 aliphatic heterocycles. The minimum atomic E-state index is -1.87. The van der Waals surface area contributed by atoms with Crippen molar-refractivity contribution < 1.29 is 13.6 Å². The SMILES string of the molecule is C=C[C@@]1(O[Si](CC)(CC)CC)[C@H]2C(=O)C[C@@H]1C(C)=C2CCO[Si](C)(C)C(C)(C)C. The lowest BCUT2D eigenvalue weighted by molar-refractivity contribution is -0.121. The van der Waals surface area contributed by atoms with Crippen molar-refractivity contribution in [1.82, 2.24) is 0 Å². The standard InChI is InChI=1S/C24H44O3Si2/c1-11-24(27-29(12-2,13-3)14-4)20-17-21(25)22(24)19(18(20)5)15-16-26-28(9,10)23(6,7)8/h11,20,22H,1,12-17H2,2-10H3/t20-,22-,24+/m1/s1. The van der Waals surface area contributed by atoms with Gasteiger partial charge in [0.1, 0.15) is 5.78 Å². The number of carbonyl (C=O) groups is 1. The Hall–Kier alpha value is -0.496. The Balaban J connectivity index is 2.27. The molecule has 1 fully saturated rings. The van der Waals surface area contributed by atoms with Crippen LogP contribution in [-0.4, -0.2) is 34.6 Å². The van der Waals surface area contributed by atoms with Gasteiger partial charge in [0.05, 0.1) is 11.5 Å². The molecule has 0 aromatic rings. The zero-order valence-corrected chi connectivity index (χ0v) is 22.4. The van der Waals surface area contributed by atoms with E-state index in [-0.39, 0.29) is 16.9 Å². The summed E-state index contributed by atoms with van der Waals surface area (Å²) < 4.78 is 13.5. The van der Waals surface area contributed by atoms with Crippen molar-refractivity contribution in [2.24, 2.45) is 11.8 Å². The number of hydrogen-bond acceptors (Lipinski definition) is 3. The van der Waals surface area contributed by atoms with E-state index in [1.165, 1.54) is 11.1 Å². The number of carbonyl (C=O) groups excluding carboxylic acids is 1. The summed E-state index contributed by atoms with van der Waals surface area (Å²) in [6.07, 6.45) is 3.43. The first kappa shape index (κ1) is 24.8. The van der Waals surface area contributed by atoms with Crippen LogP contribution in [0.3, 0.4) is 0 Å². The summed E-state index contributed by atoms with van der Waals surface area (Å²) in [4.78, 5) is 13.1. The van der Waals surface area contributed by atoms with Gasteiger partial charge in [-0.15, -0.1) is 6.58 Å². The van der Waals surface area contributed by atoms with Crippen LogP contribution in [0.4, 0.5) is 0 Å². The highest BCUT2D eigenvalue weighted by Crippen LogP contribution is 2.58. The molecule has 5 heteroatoms. The van der Waals surface area contributed by atoms with Gasteiger partial charge in [0.25, 0.3) is 0 Å². The van der Waals surface area contributed by atoms with Gasteiger partial charge in [0, 0.05) is 18.9 Å². The van der Waals surface area contributed by atoms with E-state index in [0.717, 1.165) is 24.6 Å². The third-order valence-electron chi connectivity index (χ3n) is 8.39. The van der Waals surface area contributed by atoms with E-state index in [2.05, 4.69) is 68.1 Å². The molecule has 0 heterocycles. The van der Waals surface area contributed by atoms with Gasteiger partial charge in [-0.25, -0.2) is 0 Å². The van der Waals surface area contributed by atoms with E-state index in [1.807, 2.05) is 6.08 Å². The van der Waals surface area contributed by atoms with Crippen molar-refractivity contribution in [3.63, 3.8) is 0 Å². The summed E-state index contributed by atoms with van der Waals surface area (Å²) in [5.41, 5.74) is 2.12. The molecule has 0 saturated heterocycles. The Morgan fingerprint density at radius 2 is 1.72 bits per heavy atom. The molecule has 0 radical (unpaired) electrons. The maximum absolute atomic E-state index is 13.1. The van der Waals surface area contributed by atoms with E-state index < -0.39 is 22.2 Å². The molecule has 0 aromatic heterocycles. The highest BCUT2D eigenvalue weighted by Gasteiger charge is 2.62. The van der Waals surface area contributed by atoms with Gasteiger partial charge in [0.2, 0.25) is 0 Å². The summed E-state index contributed by atoms with van der Waals surface area (Å²) in [5, 5.41) is 0.198. The summed E-state index contributed by atoms with van der Waals surface area (Å²) in [5.74, 6) is 0.357. The minimum absolute atomic E-state index is 0.149. The summed E-state index contributed by atoms with van der Waals surface area (Å²) >= 11 is 0. The molecule has 2 aliphatic carbocycles. The van der Waals surface area contributed by atoms with Crippen molar-refractivity contribution in [3.05, 3.63) is 23.8 Å². The van der Waals surface area contributed by atoms with Gasteiger partial charge < -0.3 is 8.85 Å². The van der Waals surface area contributed by atoms with E-state index in [9.17, 15) is 4.79 Å². The van der Waals surface area contributed by atoms with Crippen LogP contribution in [0.15, 0.2) is 23.8 Å². The smallest absolute Gasteiger partial charge is 0.193 e. The normalized spacial score (nSPS) is 27.8. The van der Waals surface area contributed by atoms with Crippen molar-refractivity contribution in [3.8, 4) is 0 Å². The van der Waals surface area contributed by atoms with Gasteiger partial charge in [0.15, 0.2) is 16.6 Å². The molecular formula is C24H44O3Si2. The number of ketones is 1. The van der Waals surface area contributed by atoms with Crippen molar-refractivity contribution >= 4 is 22.4 Å². The average molecular weight is 437 g/mol. The van der Waals surface area contributed by atoms with Crippen LogP contribution in [0.2, 0.25) is 36.3 Å². The van der Waals surface area contributed by atoms with Gasteiger partial charge in [-0.2, -0.15) is 0 Å². The maximum Gasteiger partial charge on any atom is 0.193 e. The van der Waals surface area contributed by atoms with Crippen molar-refractivity contribution in [2.45, 2.75) is 103 Å².